The Hall–Kier alpha value is -4.94. The number of rotatable bonds is 13. The van der Waals surface area contributed by atoms with E-state index in [2.05, 4.69) is 79.8 Å². The Kier molecular flexibility index (Phi) is 23.9. The summed E-state index contributed by atoms with van der Waals surface area (Å²) < 4.78 is 22.7. The number of fused-ring (bicyclic) bond motifs is 1. The van der Waals surface area contributed by atoms with E-state index in [1.54, 1.807) is 13.8 Å². The quantitative estimate of drug-likeness (QED) is 0.0487. The molecule has 0 saturated heterocycles. The molecule has 0 spiro atoms. The van der Waals surface area contributed by atoms with Crippen LogP contribution in [0.3, 0.4) is 0 Å². The third kappa shape index (κ3) is 16.1. The third-order valence-electron chi connectivity index (χ3n) is 8.62. The summed E-state index contributed by atoms with van der Waals surface area (Å²) in [6, 6.07) is 28.7. The molecule has 0 aliphatic rings. The average Bonchev–Trinajstić information content (AvgIpc) is 3.74. The molecule has 0 aliphatic carbocycles. The highest BCUT2D eigenvalue weighted by Gasteiger charge is 2.19. The lowest BCUT2D eigenvalue weighted by Crippen LogP contribution is -2.12. The van der Waals surface area contributed by atoms with Crippen molar-refractivity contribution in [3.05, 3.63) is 127 Å². The fraction of sp³-hybridized carbons (Fsp3) is 0.326. The topological polar surface area (TPSA) is 175 Å². The first-order valence-electron chi connectivity index (χ1n) is 19.4. The zero-order valence-electron chi connectivity index (χ0n) is 35.1. The normalized spacial score (nSPS) is 11.1. The van der Waals surface area contributed by atoms with Crippen molar-refractivity contribution in [3.8, 4) is 28.3 Å². The first kappa shape index (κ1) is 53.2. The average molecular weight is 1090 g/mol. The molecule has 13 nitrogen and oxygen atoms in total. The van der Waals surface area contributed by atoms with Crippen molar-refractivity contribution in [2.75, 3.05) is 31.4 Å². The molecule has 2 heterocycles. The van der Waals surface area contributed by atoms with Gasteiger partial charge >= 0.3 is 17.9 Å². The number of ether oxygens (including phenoxy) is 4. The maximum atomic E-state index is 12.3. The highest BCUT2D eigenvalue weighted by molar-refractivity contribution is 14.1. The molecule has 0 bridgehead atoms. The molecular weight excluding hydrogens is 1040 g/mol. The molecule has 0 fully saturated rings. The molecule has 0 aliphatic heterocycles. The van der Waals surface area contributed by atoms with Crippen LogP contribution in [-0.2, 0) is 35.0 Å². The van der Waals surface area contributed by atoms with Crippen LogP contribution < -0.4 is 10.3 Å². The summed E-state index contributed by atoms with van der Waals surface area (Å²) in [5.41, 5.74) is 5.27. The molecule has 62 heavy (non-hydrogen) atoms. The van der Waals surface area contributed by atoms with E-state index >= 15 is 0 Å². The second kappa shape index (κ2) is 27.9. The van der Waals surface area contributed by atoms with Gasteiger partial charge in [0.05, 0.1) is 50.2 Å². The number of aromatic amines is 2. The summed E-state index contributed by atoms with van der Waals surface area (Å²) in [6.45, 7) is 12.6. The van der Waals surface area contributed by atoms with Gasteiger partial charge in [-0.3, -0.25) is 19.2 Å². The van der Waals surface area contributed by atoms with Crippen LogP contribution in [0.15, 0.2) is 105 Å². The minimum atomic E-state index is -0.383. The van der Waals surface area contributed by atoms with E-state index in [4.69, 9.17) is 18.9 Å². The third-order valence-corrected chi connectivity index (χ3v) is 9.61. The van der Waals surface area contributed by atoms with Crippen molar-refractivity contribution in [3.63, 3.8) is 0 Å². The molecule has 2 atom stereocenters. The van der Waals surface area contributed by atoms with E-state index in [0.29, 0.717) is 50.0 Å². The lowest BCUT2D eigenvalue weighted by atomic mass is 9.95. The second-order valence-corrected chi connectivity index (χ2v) is 14.6. The molecule has 16 heteroatoms. The summed E-state index contributed by atoms with van der Waals surface area (Å²) in [6.07, 6.45) is 0.341. The van der Waals surface area contributed by atoms with Crippen LogP contribution in [0.5, 0.6) is 5.75 Å². The first-order chi connectivity index (χ1) is 29.4. The number of carbonyl (C=O) groups is 3. The molecular formula is C46H54Br2IN5O8. The highest BCUT2D eigenvalue weighted by Crippen LogP contribution is 2.34. The lowest BCUT2D eigenvalue weighted by molar-refractivity contribution is -0.145. The van der Waals surface area contributed by atoms with E-state index in [-0.39, 0.29) is 53.9 Å². The Labute approximate surface area is 393 Å². The Bertz CT molecular complexity index is 2410. The molecule has 0 saturated carbocycles. The zero-order valence-corrected chi connectivity index (χ0v) is 40.4. The van der Waals surface area contributed by atoms with Crippen molar-refractivity contribution in [2.45, 2.75) is 67.2 Å². The second-order valence-electron chi connectivity index (χ2n) is 12.8. The van der Waals surface area contributed by atoms with Gasteiger partial charge in [0.2, 0.25) is 5.65 Å². The Balaban J connectivity index is 0.000000365. The van der Waals surface area contributed by atoms with Crippen LogP contribution in [0.1, 0.15) is 77.5 Å². The number of nitrogens with zero attached hydrogens (tertiary/aromatic N) is 3. The molecule has 4 aromatic carbocycles. The predicted octanol–water partition coefficient (Wildman–Crippen LogP) is 10.8. The summed E-state index contributed by atoms with van der Waals surface area (Å²) in [4.78, 5) is 56.0. The molecule has 6 aromatic rings. The van der Waals surface area contributed by atoms with E-state index in [1.165, 1.54) is 0 Å². The van der Waals surface area contributed by atoms with Gasteiger partial charge in [-0.2, -0.15) is 5.21 Å². The van der Waals surface area contributed by atoms with Gasteiger partial charge in [0.25, 0.3) is 5.56 Å². The van der Waals surface area contributed by atoms with Crippen LogP contribution in [0.2, 0.25) is 0 Å². The number of hydrogen-bond acceptors (Lipinski definition) is 11. The zero-order chi connectivity index (χ0) is 44.9. The number of H-pyrrole nitrogens is 2. The number of alkyl halides is 1. The maximum absolute atomic E-state index is 12.3. The minimum Gasteiger partial charge on any atom is -0.493 e. The number of esters is 3. The SMILES string of the molecule is C.CCOC(=O)C(C)c1cccc(-c2ccc(-c3nc4n[nH]nc4c(=O)[nH]3)c(OCC)c2)c1.CCOC(=O)C(C)c1cccc(Br)c1.CCOC(=O)Cc1cccc(Br)c1.CI. The fourth-order valence-corrected chi connectivity index (χ4v) is 6.52. The van der Waals surface area contributed by atoms with Crippen LogP contribution >= 0.6 is 54.5 Å². The molecule has 6 rings (SSSR count). The predicted molar refractivity (Wildman–Crippen MR) is 260 cm³/mol. The summed E-state index contributed by atoms with van der Waals surface area (Å²) in [5, 5.41) is 10.1. The molecule has 0 amide bonds. The van der Waals surface area contributed by atoms with E-state index in [1.807, 2.05) is 124 Å². The van der Waals surface area contributed by atoms with Crippen molar-refractivity contribution in [1.82, 2.24) is 25.4 Å². The Morgan fingerprint density at radius 3 is 1.84 bits per heavy atom. The van der Waals surface area contributed by atoms with Crippen LogP contribution in [0, 0.1) is 0 Å². The number of aromatic nitrogens is 5. The lowest BCUT2D eigenvalue weighted by Gasteiger charge is -2.14. The van der Waals surface area contributed by atoms with Gasteiger partial charge in [-0.15, -0.1) is 10.2 Å². The Morgan fingerprint density at radius 1 is 0.694 bits per heavy atom. The smallest absolute Gasteiger partial charge is 0.313 e. The number of hydrogen-bond donors (Lipinski definition) is 2. The van der Waals surface area contributed by atoms with E-state index in [9.17, 15) is 19.2 Å². The van der Waals surface area contributed by atoms with Crippen LogP contribution in [-0.4, -0.2) is 74.6 Å². The summed E-state index contributed by atoms with van der Waals surface area (Å²) in [5.74, 6) is -0.271. The molecule has 2 N–H and O–H groups in total. The largest absolute Gasteiger partial charge is 0.493 e. The standard InChI is InChI=1S/C23H23N5O4.C11H13BrO2.C10H11BrO2.CH3I.CH4/c1-4-31-18-12-16(15-8-6-7-14(11-15)13(3)23(30)32-5-2)9-10-17(18)20-24-21-19(22(29)25-20)26-28-27-21;1-3-14-11(13)8(2)9-5-4-6-10(12)7-9;1-2-13-10(12)7-8-4-3-5-9(11)6-8;1-2;/h6-13H,4-5H2,1-3H3,(H2,24,25,26,27,28,29);4-8H,3H2,1-2H3;3-6H,2,7H2,1H3;1H3;1H4. The number of halogens is 3. The maximum Gasteiger partial charge on any atom is 0.313 e. The first-order valence-corrected chi connectivity index (χ1v) is 23.2. The van der Waals surface area contributed by atoms with Crippen LogP contribution in [0.4, 0.5) is 0 Å². The number of benzene rings is 4. The van der Waals surface area contributed by atoms with Crippen molar-refractivity contribution in [2.24, 2.45) is 0 Å². The minimum absolute atomic E-state index is 0. The summed E-state index contributed by atoms with van der Waals surface area (Å²) in [7, 11) is 0. The summed E-state index contributed by atoms with van der Waals surface area (Å²) >= 11 is 8.86. The van der Waals surface area contributed by atoms with E-state index in [0.717, 1.165) is 36.8 Å². The molecule has 2 aromatic heterocycles. The van der Waals surface area contributed by atoms with Crippen molar-refractivity contribution in [1.29, 1.82) is 0 Å². The molecule has 2 unspecified atom stereocenters. The van der Waals surface area contributed by atoms with E-state index < -0.39 is 0 Å². The molecule has 0 radical (unpaired) electrons. The van der Waals surface area contributed by atoms with Gasteiger partial charge in [-0.25, -0.2) is 4.98 Å². The number of nitrogens with one attached hydrogen (secondary N) is 2. The Morgan fingerprint density at radius 2 is 1.26 bits per heavy atom. The van der Waals surface area contributed by atoms with Gasteiger partial charge in [0.15, 0.2) is 5.52 Å². The van der Waals surface area contributed by atoms with Gasteiger partial charge in [0, 0.05) is 8.95 Å². The highest BCUT2D eigenvalue weighted by atomic mass is 127. The fourth-order valence-electron chi connectivity index (χ4n) is 5.65. The van der Waals surface area contributed by atoms with Crippen LogP contribution in [0.25, 0.3) is 33.7 Å². The van der Waals surface area contributed by atoms with Crippen molar-refractivity contribution < 1.29 is 33.3 Å². The van der Waals surface area contributed by atoms with Gasteiger partial charge < -0.3 is 23.9 Å². The van der Waals surface area contributed by atoms with Gasteiger partial charge in [-0.05, 0) is 111 Å². The number of carbonyl (C=O) groups excluding carboxylic acids is 3. The van der Waals surface area contributed by atoms with Gasteiger partial charge in [-0.1, -0.05) is 116 Å². The molecule has 332 valence electrons. The van der Waals surface area contributed by atoms with Crippen molar-refractivity contribution >= 4 is 83.5 Å². The monoisotopic (exact) mass is 1090 g/mol. The van der Waals surface area contributed by atoms with Gasteiger partial charge in [0.1, 0.15) is 11.6 Å².